The summed E-state index contributed by atoms with van der Waals surface area (Å²) in [4.78, 5) is 12.0. The number of anilines is 1. The van der Waals surface area contributed by atoms with E-state index in [1.807, 2.05) is 0 Å². The van der Waals surface area contributed by atoms with Crippen molar-refractivity contribution in [3.63, 3.8) is 0 Å². The molecule has 1 saturated carbocycles. The Hall–Kier alpha value is -2.11. The number of nitrogens with two attached hydrogens (primary N) is 1. The lowest BCUT2D eigenvalue weighted by Gasteiger charge is -2.13. The van der Waals surface area contributed by atoms with Crippen LogP contribution < -0.4 is 11.1 Å². The number of hydrogen-bond acceptors (Lipinski definition) is 3. The number of carbonyl (C=O) groups excluding carboxylic acids is 1. The topological polar surface area (TPSA) is 87.7 Å². The fraction of sp³-hybridized carbons (Fsp3) is 0.429. The number of carbonyl (C=O) groups is 1. The number of nitrogens with one attached hydrogen (secondary N) is 1. The average Bonchev–Trinajstić information content (AvgIpc) is 2.91. The minimum Gasteiger partial charge on any atom is -0.409 e. The summed E-state index contributed by atoms with van der Waals surface area (Å²) >= 11 is 0. The largest absolute Gasteiger partial charge is 0.409 e. The first-order valence-corrected chi connectivity index (χ1v) is 6.68. The lowest BCUT2D eigenvalue weighted by atomic mass is 10.0. The molecule has 1 aromatic rings. The van der Waals surface area contributed by atoms with Gasteiger partial charge in [0.25, 0.3) is 0 Å². The van der Waals surface area contributed by atoms with Gasteiger partial charge in [0.05, 0.1) is 11.3 Å². The van der Waals surface area contributed by atoms with E-state index in [0.717, 1.165) is 25.7 Å². The van der Waals surface area contributed by atoms with Gasteiger partial charge in [-0.1, -0.05) is 24.1 Å². The molecule has 108 valence electrons. The molecule has 5 nitrogen and oxygen atoms in total. The van der Waals surface area contributed by atoms with Crippen LogP contribution >= 0.6 is 0 Å². The minimum atomic E-state index is -0.640. The molecule has 1 fully saturated rings. The second-order valence-corrected chi connectivity index (χ2v) is 5.05. The Bertz CT molecular complexity index is 525. The zero-order chi connectivity index (χ0) is 14.5. The molecule has 4 N–H and O–H groups in total. The van der Waals surface area contributed by atoms with E-state index in [2.05, 4.69) is 10.5 Å². The highest BCUT2D eigenvalue weighted by atomic mass is 19.1. The quantitative estimate of drug-likeness (QED) is 0.342. The fourth-order valence-corrected chi connectivity index (χ4v) is 2.62. The van der Waals surface area contributed by atoms with E-state index in [9.17, 15) is 9.18 Å². The summed E-state index contributed by atoms with van der Waals surface area (Å²) in [6.45, 7) is 0. The Balaban J connectivity index is 2.12. The van der Waals surface area contributed by atoms with E-state index >= 15 is 0 Å². The molecule has 0 heterocycles. The number of amides is 1. The maximum absolute atomic E-state index is 13.7. The molecule has 20 heavy (non-hydrogen) atoms. The third-order valence-corrected chi connectivity index (χ3v) is 3.60. The minimum absolute atomic E-state index is 0.0882. The number of halogens is 1. The molecule has 1 aliphatic rings. The summed E-state index contributed by atoms with van der Waals surface area (Å²) < 4.78 is 13.7. The molecule has 0 unspecified atom stereocenters. The number of benzene rings is 1. The van der Waals surface area contributed by atoms with Crippen molar-refractivity contribution in [3.05, 3.63) is 29.6 Å². The Morgan fingerprint density at radius 2 is 2.15 bits per heavy atom. The van der Waals surface area contributed by atoms with E-state index < -0.39 is 5.82 Å². The Morgan fingerprint density at radius 3 is 2.80 bits per heavy atom. The number of nitrogens with zero attached hydrogens (tertiary/aromatic N) is 1. The molecule has 1 amide bonds. The van der Waals surface area contributed by atoms with Crippen LogP contribution in [0.3, 0.4) is 0 Å². The summed E-state index contributed by atoms with van der Waals surface area (Å²) in [5.41, 5.74) is 5.58. The predicted molar refractivity (Wildman–Crippen MR) is 74.1 cm³/mol. The average molecular weight is 279 g/mol. The van der Waals surface area contributed by atoms with Crippen LogP contribution in [0, 0.1) is 11.7 Å². The van der Waals surface area contributed by atoms with Gasteiger partial charge in [0.2, 0.25) is 5.91 Å². The van der Waals surface area contributed by atoms with Gasteiger partial charge in [0.1, 0.15) is 5.82 Å². The van der Waals surface area contributed by atoms with Crippen molar-refractivity contribution >= 4 is 17.4 Å². The van der Waals surface area contributed by atoms with Crippen LogP contribution in [-0.4, -0.2) is 17.0 Å². The number of rotatable bonds is 4. The van der Waals surface area contributed by atoms with Gasteiger partial charge in [-0.3, -0.25) is 4.79 Å². The molecule has 0 spiro atoms. The Kier molecular flexibility index (Phi) is 4.55. The molecule has 1 aliphatic carbocycles. The molecular weight excluding hydrogens is 261 g/mol. The maximum atomic E-state index is 13.7. The summed E-state index contributed by atoms with van der Waals surface area (Å²) in [6, 6.07) is 4.19. The van der Waals surface area contributed by atoms with Crippen LogP contribution in [-0.2, 0) is 4.79 Å². The van der Waals surface area contributed by atoms with Gasteiger partial charge in [0, 0.05) is 6.42 Å². The number of oxime groups is 1. The molecule has 0 saturated heterocycles. The third-order valence-electron chi connectivity index (χ3n) is 3.60. The zero-order valence-corrected chi connectivity index (χ0v) is 11.1. The van der Waals surface area contributed by atoms with Gasteiger partial charge in [-0.2, -0.15) is 0 Å². The van der Waals surface area contributed by atoms with Crippen LogP contribution in [0.15, 0.2) is 23.4 Å². The normalized spacial score (nSPS) is 16.4. The molecule has 0 aromatic heterocycles. The van der Waals surface area contributed by atoms with Crippen LogP contribution in [0.5, 0.6) is 0 Å². The van der Waals surface area contributed by atoms with Crippen LogP contribution in [0.1, 0.15) is 37.7 Å². The Morgan fingerprint density at radius 1 is 1.45 bits per heavy atom. The Labute approximate surface area is 116 Å². The highest BCUT2D eigenvalue weighted by Gasteiger charge is 2.20. The highest BCUT2D eigenvalue weighted by Crippen LogP contribution is 2.28. The first kappa shape index (κ1) is 14.3. The predicted octanol–water partition coefficient (Wildman–Crippen LogP) is 2.44. The van der Waals surface area contributed by atoms with Crippen molar-refractivity contribution in [2.45, 2.75) is 32.1 Å². The van der Waals surface area contributed by atoms with Crippen molar-refractivity contribution in [3.8, 4) is 0 Å². The second-order valence-electron chi connectivity index (χ2n) is 5.05. The molecule has 0 aliphatic heterocycles. The number of amidine groups is 1. The van der Waals surface area contributed by atoms with Crippen LogP contribution in [0.2, 0.25) is 0 Å². The monoisotopic (exact) mass is 279 g/mol. The van der Waals surface area contributed by atoms with E-state index in [4.69, 9.17) is 10.9 Å². The molecular formula is C14H18FN3O2. The van der Waals surface area contributed by atoms with Gasteiger partial charge in [-0.25, -0.2) is 4.39 Å². The van der Waals surface area contributed by atoms with Gasteiger partial charge < -0.3 is 16.3 Å². The van der Waals surface area contributed by atoms with E-state index in [1.165, 1.54) is 18.2 Å². The maximum Gasteiger partial charge on any atom is 0.224 e. The third kappa shape index (κ3) is 3.26. The lowest BCUT2D eigenvalue weighted by Crippen LogP contribution is -2.21. The second kappa shape index (κ2) is 6.36. The van der Waals surface area contributed by atoms with Gasteiger partial charge in [-0.15, -0.1) is 0 Å². The first-order valence-electron chi connectivity index (χ1n) is 6.68. The highest BCUT2D eigenvalue weighted by molar-refractivity contribution is 6.05. The molecule has 6 heteroatoms. The van der Waals surface area contributed by atoms with Crippen molar-refractivity contribution in [2.24, 2.45) is 16.8 Å². The zero-order valence-electron chi connectivity index (χ0n) is 11.1. The van der Waals surface area contributed by atoms with Crippen molar-refractivity contribution in [1.82, 2.24) is 0 Å². The van der Waals surface area contributed by atoms with Crippen molar-refractivity contribution in [2.75, 3.05) is 5.32 Å². The van der Waals surface area contributed by atoms with E-state index in [-0.39, 0.29) is 23.0 Å². The molecule has 0 atom stereocenters. The van der Waals surface area contributed by atoms with Crippen molar-refractivity contribution in [1.29, 1.82) is 0 Å². The smallest absolute Gasteiger partial charge is 0.224 e. The fourth-order valence-electron chi connectivity index (χ4n) is 2.62. The van der Waals surface area contributed by atoms with E-state index in [1.54, 1.807) is 0 Å². The van der Waals surface area contributed by atoms with Crippen LogP contribution in [0.4, 0.5) is 10.1 Å². The molecule has 0 radical (unpaired) electrons. The first-order chi connectivity index (χ1) is 9.61. The SMILES string of the molecule is N/C(=N/O)c1c(F)cccc1NC(=O)CC1CCCC1. The van der Waals surface area contributed by atoms with E-state index in [0.29, 0.717) is 12.3 Å². The standard InChI is InChI=1S/C14H18FN3O2/c15-10-6-3-7-11(13(10)14(16)18-20)17-12(19)8-9-4-1-2-5-9/h3,6-7,9,20H,1-2,4-5,8H2,(H2,16,18)(H,17,19). The molecule has 2 rings (SSSR count). The number of hydrogen-bond donors (Lipinski definition) is 3. The summed E-state index contributed by atoms with van der Waals surface area (Å²) in [7, 11) is 0. The van der Waals surface area contributed by atoms with Crippen molar-refractivity contribution < 1.29 is 14.4 Å². The molecule has 1 aromatic carbocycles. The lowest BCUT2D eigenvalue weighted by molar-refractivity contribution is -0.117. The van der Waals surface area contributed by atoms with Gasteiger partial charge in [0.15, 0.2) is 5.84 Å². The summed E-state index contributed by atoms with van der Waals surface area (Å²) in [5.74, 6) is -0.774. The van der Waals surface area contributed by atoms with Crippen LogP contribution in [0.25, 0.3) is 0 Å². The van der Waals surface area contributed by atoms with Gasteiger partial charge in [-0.05, 0) is 30.9 Å². The summed E-state index contributed by atoms with van der Waals surface area (Å²) in [5, 5.41) is 14.1. The summed E-state index contributed by atoms with van der Waals surface area (Å²) in [6.07, 6.45) is 4.86. The van der Waals surface area contributed by atoms with Gasteiger partial charge >= 0.3 is 0 Å². The molecule has 0 bridgehead atoms.